The van der Waals surface area contributed by atoms with Crippen molar-refractivity contribution in [2.75, 3.05) is 24.5 Å². The number of nitrogens with zero attached hydrogens (tertiary/aromatic N) is 1. The summed E-state index contributed by atoms with van der Waals surface area (Å²) in [6.45, 7) is 12.8. The molecule has 0 amide bonds. The first-order valence-electron chi connectivity index (χ1n) is 7.56. The molecule has 2 nitrogen and oxygen atoms in total. The van der Waals surface area contributed by atoms with Crippen molar-refractivity contribution in [1.82, 2.24) is 5.32 Å². The number of nitrogens with one attached hydrogen (secondary N) is 1. The lowest BCUT2D eigenvalue weighted by atomic mass is 9.85. The van der Waals surface area contributed by atoms with E-state index in [0.717, 1.165) is 30.8 Å². The Kier molecular flexibility index (Phi) is 5.28. The maximum atomic E-state index is 3.76. The second-order valence-corrected chi connectivity index (χ2v) is 7.41. The summed E-state index contributed by atoms with van der Waals surface area (Å²) in [6, 6.07) is 2.90. The Labute approximate surface area is 122 Å². The van der Waals surface area contributed by atoms with Crippen LogP contribution in [0.4, 0.5) is 5.69 Å². The van der Waals surface area contributed by atoms with Gasteiger partial charge in [-0.15, -0.1) is 0 Å². The first-order valence-corrected chi connectivity index (χ1v) is 8.51. The molecule has 0 spiro atoms. The first kappa shape index (κ1) is 14.9. The highest BCUT2D eigenvalue weighted by Gasteiger charge is 2.29. The first-order chi connectivity index (χ1) is 9.06. The Morgan fingerprint density at radius 1 is 1.32 bits per heavy atom. The van der Waals surface area contributed by atoms with Gasteiger partial charge in [-0.2, -0.15) is 11.3 Å². The van der Waals surface area contributed by atoms with Crippen LogP contribution in [0.15, 0.2) is 16.8 Å². The minimum Gasteiger partial charge on any atom is -0.369 e. The van der Waals surface area contributed by atoms with Crippen molar-refractivity contribution in [2.24, 2.45) is 17.8 Å². The molecule has 0 saturated carbocycles. The lowest BCUT2D eigenvalue weighted by molar-refractivity contribution is 0.268. The summed E-state index contributed by atoms with van der Waals surface area (Å²) in [6.07, 6.45) is 1.32. The molecule has 0 aliphatic carbocycles. The van der Waals surface area contributed by atoms with Gasteiger partial charge in [-0.05, 0) is 42.2 Å². The largest absolute Gasteiger partial charge is 0.369 e. The van der Waals surface area contributed by atoms with Gasteiger partial charge in [0.1, 0.15) is 0 Å². The zero-order chi connectivity index (χ0) is 13.8. The van der Waals surface area contributed by atoms with E-state index in [1.165, 1.54) is 18.7 Å². The average Bonchev–Trinajstić information content (AvgIpc) is 2.89. The number of thiophene rings is 1. The second-order valence-electron chi connectivity index (χ2n) is 6.63. The summed E-state index contributed by atoms with van der Waals surface area (Å²) in [5.74, 6) is 2.30. The van der Waals surface area contributed by atoms with Gasteiger partial charge in [0.25, 0.3) is 0 Å². The van der Waals surface area contributed by atoms with Crippen LogP contribution in [0.1, 0.15) is 34.1 Å². The molecule has 0 bridgehead atoms. The van der Waals surface area contributed by atoms with Gasteiger partial charge in [0, 0.05) is 30.2 Å². The Hall–Kier alpha value is -0.540. The lowest BCUT2D eigenvalue weighted by Gasteiger charge is -2.41. The molecule has 1 saturated heterocycles. The van der Waals surface area contributed by atoms with Gasteiger partial charge < -0.3 is 10.2 Å². The molecular weight excluding hydrogens is 252 g/mol. The van der Waals surface area contributed by atoms with Gasteiger partial charge in [-0.3, -0.25) is 0 Å². The van der Waals surface area contributed by atoms with Crippen LogP contribution in [0.2, 0.25) is 0 Å². The minimum absolute atomic E-state index is 0.642. The average molecular weight is 280 g/mol. The third kappa shape index (κ3) is 4.22. The molecule has 0 aromatic carbocycles. The lowest BCUT2D eigenvalue weighted by Crippen LogP contribution is -2.51. The Morgan fingerprint density at radius 3 is 2.68 bits per heavy atom. The van der Waals surface area contributed by atoms with Crippen molar-refractivity contribution in [3.05, 3.63) is 16.8 Å². The third-order valence-electron chi connectivity index (χ3n) is 4.11. The Balaban J connectivity index is 2.00. The van der Waals surface area contributed by atoms with E-state index < -0.39 is 0 Å². The standard InChI is InChI=1S/C16H28N2S/c1-12(2)8-17-15-7-14(13(3)4)9-18(10-15)16-5-6-19-11-16/h5-6,11-15,17H,7-10H2,1-4H3. The normalized spacial score (nSPS) is 24.4. The SMILES string of the molecule is CC(C)CNC1CC(C(C)C)CN(c2ccsc2)C1. The zero-order valence-corrected chi connectivity index (χ0v) is 13.5. The van der Waals surface area contributed by atoms with E-state index in [0.29, 0.717) is 6.04 Å². The van der Waals surface area contributed by atoms with Crippen LogP contribution in [0.25, 0.3) is 0 Å². The van der Waals surface area contributed by atoms with E-state index in [-0.39, 0.29) is 0 Å². The molecule has 1 N–H and O–H groups in total. The summed E-state index contributed by atoms with van der Waals surface area (Å²) in [7, 11) is 0. The van der Waals surface area contributed by atoms with Crippen LogP contribution in [0.3, 0.4) is 0 Å². The van der Waals surface area contributed by atoms with E-state index >= 15 is 0 Å². The summed E-state index contributed by atoms with van der Waals surface area (Å²) in [5, 5.41) is 8.22. The molecule has 1 aromatic heterocycles. The van der Waals surface area contributed by atoms with Crippen molar-refractivity contribution < 1.29 is 0 Å². The van der Waals surface area contributed by atoms with Crippen LogP contribution in [0, 0.1) is 17.8 Å². The van der Waals surface area contributed by atoms with Gasteiger partial charge in [-0.25, -0.2) is 0 Å². The maximum absolute atomic E-state index is 3.76. The van der Waals surface area contributed by atoms with Crippen molar-refractivity contribution in [2.45, 2.75) is 40.2 Å². The van der Waals surface area contributed by atoms with Crippen molar-refractivity contribution in [1.29, 1.82) is 0 Å². The number of piperidine rings is 1. The highest BCUT2D eigenvalue weighted by molar-refractivity contribution is 7.08. The van der Waals surface area contributed by atoms with Gasteiger partial charge >= 0.3 is 0 Å². The van der Waals surface area contributed by atoms with Gasteiger partial charge in [0.2, 0.25) is 0 Å². The van der Waals surface area contributed by atoms with E-state index in [2.05, 4.69) is 54.7 Å². The predicted molar refractivity (Wildman–Crippen MR) is 86.1 cm³/mol. The zero-order valence-electron chi connectivity index (χ0n) is 12.7. The van der Waals surface area contributed by atoms with Gasteiger partial charge in [-0.1, -0.05) is 27.7 Å². The van der Waals surface area contributed by atoms with Gasteiger partial charge in [0.05, 0.1) is 0 Å². The molecule has 108 valence electrons. The molecule has 2 atom stereocenters. The summed E-state index contributed by atoms with van der Waals surface area (Å²) >= 11 is 1.80. The van der Waals surface area contributed by atoms with E-state index in [4.69, 9.17) is 0 Å². The van der Waals surface area contributed by atoms with E-state index in [1.54, 1.807) is 11.3 Å². The molecule has 2 heterocycles. The molecule has 19 heavy (non-hydrogen) atoms. The third-order valence-corrected chi connectivity index (χ3v) is 4.78. The number of hydrogen-bond donors (Lipinski definition) is 1. The van der Waals surface area contributed by atoms with Crippen LogP contribution in [-0.4, -0.2) is 25.7 Å². The predicted octanol–water partition coefficient (Wildman–Crippen LogP) is 3.84. The topological polar surface area (TPSA) is 15.3 Å². The number of hydrogen-bond acceptors (Lipinski definition) is 3. The van der Waals surface area contributed by atoms with E-state index in [9.17, 15) is 0 Å². The van der Waals surface area contributed by atoms with Crippen LogP contribution >= 0.6 is 11.3 Å². The molecule has 2 unspecified atom stereocenters. The molecule has 2 rings (SSSR count). The Morgan fingerprint density at radius 2 is 2.11 bits per heavy atom. The second kappa shape index (κ2) is 6.76. The smallest absolute Gasteiger partial charge is 0.0475 e. The molecule has 0 radical (unpaired) electrons. The summed E-state index contributed by atoms with van der Waals surface area (Å²) in [5.41, 5.74) is 1.41. The monoisotopic (exact) mass is 280 g/mol. The molecule has 1 aliphatic rings. The molecular formula is C16H28N2S. The Bertz CT molecular complexity index is 359. The van der Waals surface area contributed by atoms with E-state index in [1.807, 2.05) is 0 Å². The van der Waals surface area contributed by atoms with Crippen LogP contribution in [0.5, 0.6) is 0 Å². The quantitative estimate of drug-likeness (QED) is 0.881. The van der Waals surface area contributed by atoms with Crippen molar-refractivity contribution >= 4 is 17.0 Å². The van der Waals surface area contributed by atoms with Crippen LogP contribution < -0.4 is 10.2 Å². The fourth-order valence-corrected chi connectivity index (χ4v) is 3.48. The fourth-order valence-electron chi connectivity index (χ4n) is 2.82. The maximum Gasteiger partial charge on any atom is 0.0475 e. The molecule has 1 fully saturated rings. The molecule has 1 aromatic rings. The molecule has 3 heteroatoms. The number of anilines is 1. The minimum atomic E-state index is 0.642. The van der Waals surface area contributed by atoms with Crippen molar-refractivity contribution in [3.63, 3.8) is 0 Å². The summed E-state index contributed by atoms with van der Waals surface area (Å²) < 4.78 is 0. The van der Waals surface area contributed by atoms with Gasteiger partial charge in [0.15, 0.2) is 0 Å². The highest BCUT2D eigenvalue weighted by Crippen LogP contribution is 2.29. The summed E-state index contributed by atoms with van der Waals surface area (Å²) in [4.78, 5) is 2.57. The van der Waals surface area contributed by atoms with Crippen LogP contribution in [-0.2, 0) is 0 Å². The highest BCUT2D eigenvalue weighted by atomic mass is 32.1. The van der Waals surface area contributed by atoms with Crippen molar-refractivity contribution in [3.8, 4) is 0 Å². The fraction of sp³-hybridized carbons (Fsp3) is 0.750. The number of rotatable bonds is 5. The molecule has 1 aliphatic heterocycles.